The number of benzene rings is 1. The van der Waals surface area contributed by atoms with Gasteiger partial charge >= 0.3 is 5.97 Å². The predicted molar refractivity (Wildman–Crippen MR) is 62.2 cm³/mol. The summed E-state index contributed by atoms with van der Waals surface area (Å²) in [6, 6.07) is 2.28. The summed E-state index contributed by atoms with van der Waals surface area (Å²) in [5, 5.41) is 17.9. The first-order valence-electron chi connectivity index (χ1n) is 4.31. The van der Waals surface area contributed by atoms with Crippen molar-refractivity contribution in [3.05, 3.63) is 38.1 Å². The number of carboxylic acids is 1. The fourth-order valence-electron chi connectivity index (χ4n) is 0.832. The van der Waals surface area contributed by atoms with Crippen molar-refractivity contribution in [3.8, 4) is 0 Å². The van der Waals surface area contributed by atoms with Crippen molar-refractivity contribution in [2.24, 2.45) is 5.73 Å². The van der Waals surface area contributed by atoms with E-state index in [2.05, 4.69) is 21.7 Å². The molecule has 0 aromatic heterocycles. The van der Waals surface area contributed by atoms with Crippen molar-refractivity contribution in [2.75, 3.05) is 6.54 Å². The monoisotopic (exact) mass is 308 g/mol. The zero-order chi connectivity index (χ0) is 13.6. The van der Waals surface area contributed by atoms with Gasteiger partial charge in [0.25, 0.3) is 5.69 Å². The molecule has 0 atom stereocenters. The minimum atomic E-state index is -0.968. The summed E-state index contributed by atoms with van der Waals surface area (Å²) < 4.78 is 12.9. The maximum atomic E-state index is 12.8. The molecule has 0 fully saturated rings. The molecule has 1 rings (SSSR count). The molecular formula is C9H10BrFN2O4. The topological polar surface area (TPSA) is 106 Å². The van der Waals surface area contributed by atoms with E-state index in [1.165, 1.54) is 6.92 Å². The van der Waals surface area contributed by atoms with Gasteiger partial charge in [0.2, 0.25) is 0 Å². The summed E-state index contributed by atoms with van der Waals surface area (Å²) in [6.45, 7) is 1.22. The molecule has 0 aliphatic rings. The number of nitro benzene ring substituents is 1. The molecule has 8 heteroatoms. The second-order valence-electron chi connectivity index (χ2n) is 2.91. The van der Waals surface area contributed by atoms with Gasteiger partial charge in [0.05, 0.1) is 15.9 Å². The summed E-state index contributed by atoms with van der Waals surface area (Å²) in [7, 11) is 0. The van der Waals surface area contributed by atoms with Crippen LogP contribution in [0.3, 0.4) is 0 Å². The van der Waals surface area contributed by atoms with Crippen molar-refractivity contribution in [1.82, 2.24) is 0 Å². The number of nitrogens with zero attached hydrogens (tertiary/aromatic N) is 1. The zero-order valence-electron chi connectivity index (χ0n) is 8.81. The lowest BCUT2D eigenvalue weighted by Gasteiger charge is -1.98. The second-order valence-corrected chi connectivity index (χ2v) is 3.76. The molecule has 0 aliphatic heterocycles. The number of carbonyl (C=O) groups is 1. The van der Waals surface area contributed by atoms with E-state index in [-0.39, 0.29) is 16.7 Å². The van der Waals surface area contributed by atoms with Crippen LogP contribution in [0.25, 0.3) is 0 Å². The lowest BCUT2D eigenvalue weighted by atomic mass is 10.2. The fraction of sp³-hybridized carbons (Fsp3) is 0.222. The van der Waals surface area contributed by atoms with E-state index >= 15 is 0 Å². The molecule has 3 N–H and O–H groups in total. The number of hydrogen-bond donors (Lipinski definition) is 2. The lowest BCUT2D eigenvalue weighted by Crippen LogP contribution is -2.10. The van der Waals surface area contributed by atoms with Gasteiger partial charge in [-0.1, -0.05) is 0 Å². The SMILES string of the molecule is Cc1cc(F)c(Br)cc1[N+](=O)[O-].NCC(=O)O. The summed E-state index contributed by atoms with van der Waals surface area (Å²) in [5.41, 5.74) is 4.81. The number of nitro groups is 1. The molecule has 1 aromatic carbocycles. The lowest BCUT2D eigenvalue weighted by molar-refractivity contribution is -0.385. The molecule has 0 heterocycles. The Labute approximate surface area is 105 Å². The standard InChI is InChI=1S/C7H5BrFNO2.C2H5NO2/c1-4-2-6(9)5(8)3-7(4)10(11)12;3-1-2(4)5/h2-3H,1H3;1,3H2,(H,4,5). The molecule has 6 nitrogen and oxygen atoms in total. The van der Waals surface area contributed by atoms with Crippen molar-refractivity contribution in [1.29, 1.82) is 0 Å². The fourth-order valence-corrected chi connectivity index (χ4v) is 1.16. The average Bonchev–Trinajstić information content (AvgIpc) is 2.23. The minimum Gasteiger partial charge on any atom is -0.480 e. The van der Waals surface area contributed by atoms with Gasteiger partial charge in [-0.3, -0.25) is 14.9 Å². The van der Waals surface area contributed by atoms with E-state index in [4.69, 9.17) is 5.11 Å². The molecule has 0 aliphatic carbocycles. The number of nitrogens with two attached hydrogens (primary N) is 1. The van der Waals surface area contributed by atoms with Crippen LogP contribution in [-0.4, -0.2) is 22.5 Å². The number of carboxylic acid groups (broad SMARTS) is 1. The van der Waals surface area contributed by atoms with Crippen LogP contribution >= 0.6 is 15.9 Å². The van der Waals surface area contributed by atoms with Gasteiger partial charge in [-0.25, -0.2) is 4.39 Å². The van der Waals surface area contributed by atoms with Gasteiger partial charge < -0.3 is 10.8 Å². The van der Waals surface area contributed by atoms with Gasteiger partial charge in [0.1, 0.15) is 5.82 Å². The van der Waals surface area contributed by atoms with Gasteiger partial charge in [-0.05, 0) is 28.9 Å². The number of halogens is 2. The molecule has 0 spiro atoms. The summed E-state index contributed by atoms with van der Waals surface area (Å²) >= 11 is 2.87. The Balaban J connectivity index is 0.000000437. The normalized spacial score (nSPS) is 9.18. The van der Waals surface area contributed by atoms with Crippen LogP contribution in [0.1, 0.15) is 5.56 Å². The van der Waals surface area contributed by atoms with Gasteiger partial charge in [0.15, 0.2) is 0 Å². The first-order chi connectivity index (χ1) is 7.79. The number of aryl methyl sites for hydroxylation is 1. The number of hydrogen-bond acceptors (Lipinski definition) is 4. The molecule has 17 heavy (non-hydrogen) atoms. The Morgan fingerprint density at radius 2 is 2.12 bits per heavy atom. The van der Waals surface area contributed by atoms with Crippen molar-refractivity contribution < 1.29 is 19.2 Å². The summed E-state index contributed by atoms with van der Waals surface area (Å²) in [4.78, 5) is 19.0. The van der Waals surface area contributed by atoms with Crippen LogP contribution in [0.4, 0.5) is 10.1 Å². The van der Waals surface area contributed by atoms with Crippen molar-refractivity contribution in [3.63, 3.8) is 0 Å². The van der Waals surface area contributed by atoms with Gasteiger partial charge in [-0.2, -0.15) is 0 Å². The van der Waals surface area contributed by atoms with Crippen molar-refractivity contribution >= 4 is 27.6 Å². The van der Waals surface area contributed by atoms with Gasteiger partial charge in [0, 0.05) is 11.6 Å². The summed E-state index contributed by atoms with van der Waals surface area (Å²) in [6.07, 6.45) is 0. The van der Waals surface area contributed by atoms with E-state index in [1.807, 2.05) is 0 Å². The van der Waals surface area contributed by atoms with Crippen LogP contribution < -0.4 is 5.73 Å². The maximum absolute atomic E-state index is 12.8. The van der Waals surface area contributed by atoms with Crippen LogP contribution in [0, 0.1) is 22.9 Å². The molecule has 1 aromatic rings. The molecule has 94 valence electrons. The van der Waals surface area contributed by atoms with Crippen molar-refractivity contribution in [2.45, 2.75) is 6.92 Å². The molecule has 0 amide bonds. The maximum Gasteiger partial charge on any atom is 0.317 e. The van der Waals surface area contributed by atoms with E-state index in [9.17, 15) is 19.3 Å². The Morgan fingerprint density at radius 1 is 1.65 bits per heavy atom. The van der Waals surface area contributed by atoms with E-state index < -0.39 is 16.7 Å². The Hall–Kier alpha value is -1.54. The van der Waals surface area contributed by atoms with Crippen LogP contribution in [0.5, 0.6) is 0 Å². The third kappa shape index (κ3) is 5.36. The summed E-state index contributed by atoms with van der Waals surface area (Å²) in [5.74, 6) is -1.46. The van der Waals surface area contributed by atoms with E-state index in [0.717, 1.165) is 12.1 Å². The molecule has 0 saturated heterocycles. The Kier molecular flexibility index (Phi) is 6.29. The van der Waals surface area contributed by atoms with E-state index in [0.29, 0.717) is 5.56 Å². The Morgan fingerprint density at radius 3 is 2.47 bits per heavy atom. The molecule has 0 saturated carbocycles. The third-order valence-electron chi connectivity index (χ3n) is 1.61. The zero-order valence-corrected chi connectivity index (χ0v) is 10.4. The highest BCUT2D eigenvalue weighted by Gasteiger charge is 2.13. The first-order valence-corrected chi connectivity index (χ1v) is 5.10. The highest BCUT2D eigenvalue weighted by molar-refractivity contribution is 9.10. The smallest absolute Gasteiger partial charge is 0.317 e. The average molecular weight is 309 g/mol. The van der Waals surface area contributed by atoms with Crippen LogP contribution in [0.2, 0.25) is 0 Å². The quantitative estimate of drug-likeness (QED) is 0.640. The Bertz CT molecular complexity index is 439. The number of rotatable bonds is 2. The number of aliphatic carboxylic acids is 1. The van der Waals surface area contributed by atoms with E-state index in [1.54, 1.807) is 0 Å². The third-order valence-corrected chi connectivity index (χ3v) is 2.22. The van der Waals surface area contributed by atoms with Gasteiger partial charge in [-0.15, -0.1) is 0 Å². The minimum absolute atomic E-state index is 0.0803. The first kappa shape index (κ1) is 15.5. The largest absolute Gasteiger partial charge is 0.480 e. The molecular weight excluding hydrogens is 299 g/mol. The van der Waals surface area contributed by atoms with Crippen LogP contribution in [0.15, 0.2) is 16.6 Å². The predicted octanol–water partition coefficient (Wildman–Crippen LogP) is 1.83. The van der Waals surface area contributed by atoms with Crippen LogP contribution in [-0.2, 0) is 4.79 Å². The molecule has 0 bridgehead atoms. The highest BCUT2D eigenvalue weighted by Crippen LogP contribution is 2.25. The molecule has 0 unspecified atom stereocenters. The molecule has 0 radical (unpaired) electrons. The second kappa shape index (κ2) is 6.92. The highest BCUT2D eigenvalue weighted by atomic mass is 79.9.